The van der Waals surface area contributed by atoms with Crippen LogP contribution in [0.2, 0.25) is 0 Å². The summed E-state index contributed by atoms with van der Waals surface area (Å²) in [7, 11) is 3.21. The van der Waals surface area contributed by atoms with Gasteiger partial charge in [0.15, 0.2) is 5.96 Å². The summed E-state index contributed by atoms with van der Waals surface area (Å²) in [5.41, 5.74) is 8.91. The van der Waals surface area contributed by atoms with Crippen LogP contribution in [0.4, 0.5) is 5.69 Å². The van der Waals surface area contributed by atoms with Gasteiger partial charge in [0.05, 0.1) is 32.6 Å². The first-order valence-corrected chi connectivity index (χ1v) is 9.02. The molecule has 0 spiro atoms. The van der Waals surface area contributed by atoms with Crippen molar-refractivity contribution < 1.29 is 14.2 Å². The summed E-state index contributed by atoms with van der Waals surface area (Å²) in [5.74, 6) is 2.50. The molecule has 0 amide bonds. The number of nitrogens with zero attached hydrogens (tertiary/aromatic N) is 1. The molecule has 2 rings (SSSR count). The molecule has 154 valence electrons. The minimum Gasteiger partial charge on any atom is -0.497 e. The lowest BCUT2D eigenvalue weighted by Crippen LogP contribution is -2.23. The molecule has 0 radical (unpaired) electrons. The summed E-state index contributed by atoms with van der Waals surface area (Å²) in [5, 5.41) is 3.07. The first kappa shape index (κ1) is 23.9. The van der Waals surface area contributed by atoms with Gasteiger partial charge < -0.3 is 25.3 Å². The van der Waals surface area contributed by atoms with Crippen molar-refractivity contribution in [3.05, 3.63) is 47.5 Å². The van der Waals surface area contributed by atoms with E-state index in [0.717, 1.165) is 23.3 Å². The van der Waals surface area contributed by atoms with Gasteiger partial charge in [0.25, 0.3) is 0 Å². The second-order valence-electron chi connectivity index (χ2n) is 6.34. The molecule has 6 nitrogen and oxygen atoms in total. The number of ether oxygens (including phenoxy) is 3. The van der Waals surface area contributed by atoms with Crippen molar-refractivity contribution in [2.24, 2.45) is 10.7 Å². The zero-order chi connectivity index (χ0) is 19.8. The van der Waals surface area contributed by atoms with Crippen molar-refractivity contribution >= 4 is 35.6 Å². The number of hydrogen-bond donors (Lipinski definition) is 2. The first-order valence-electron chi connectivity index (χ1n) is 9.02. The minimum absolute atomic E-state index is 0. The van der Waals surface area contributed by atoms with E-state index in [9.17, 15) is 0 Å². The monoisotopic (exact) mass is 499 g/mol. The van der Waals surface area contributed by atoms with Gasteiger partial charge in [0.1, 0.15) is 17.2 Å². The predicted octanol–water partition coefficient (Wildman–Crippen LogP) is 4.73. The third-order valence-electron chi connectivity index (χ3n) is 4.21. The molecule has 0 saturated carbocycles. The summed E-state index contributed by atoms with van der Waals surface area (Å²) in [6.07, 6.45) is 1.08. The van der Waals surface area contributed by atoms with Crippen LogP contribution in [-0.4, -0.2) is 26.3 Å². The maximum atomic E-state index is 6.08. The molecular weight excluding hydrogens is 469 g/mol. The Morgan fingerprint density at radius 2 is 1.86 bits per heavy atom. The Hall–Kier alpha value is -2.16. The molecule has 0 aliphatic carbocycles. The van der Waals surface area contributed by atoms with Crippen molar-refractivity contribution in [1.82, 2.24) is 0 Å². The Balaban J connectivity index is 0.00000392. The molecule has 0 aliphatic heterocycles. The number of hydrogen-bond acceptors (Lipinski definition) is 4. The van der Waals surface area contributed by atoms with E-state index < -0.39 is 0 Å². The molecule has 2 aromatic rings. The Kier molecular flexibility index (Phi) is 9.92. The van der Waals surface area contributed by atoms with Crippen LogP contribution in [-0.2, 0) is 6.54 Å². The van der Waals surface area contributed by atoms with Gasteiger partial charge in [-0.2, -0.15) is 0 Å². The molecule has 1 unspecified atom stereocenters. The zero-order valence-electron chi connectivity index (χ0n) is 17.1. The molecule has 7 heteroatoms. The Morgan fingerprint density at radius 1 is 1.11 bits per heavy atom. The van der Waals surface area contributed by atoms with Crippen LogP contribution in [0.25, 0.3) is 0 Å². The second-order valence-corrected chi connectivity index (χ2v) is 6.34. The molecule has 0 saturated heterocycles. The maximum absolute atomic E-state index is 6.08. The molecule has 0 fully saturated rings. The van der Waals surface area contributed by atoms with Crippen molar-refractivity contribution in [2.75, 3.05) is 19.5 Å². The fourth-order valence-electron chi connectivity index (χ4n) is 2.46. The van der Waals surface area contributed by atoms with E-state index in [-0.39, 0.29) is 36.0 Å². The number of benzene rings is 2. The Bertz CT molecular complexity index is 796. The highest BCUT2D eigenvalue weighted by Gasteiger charge is 2.09. The van der Waals surface area contributed by atoms with Gasteiger partial charge in [-0.1, -0.05) is 19.1 Å². The third kappa shape index (κ3) is 6.78. The van der Waals surface area contributed by atoms with Crippen LogP contribution in [0.3, 0.4) is 0 Å². The summed E-state index contributed by atoms with van der Waals surface area (Å²) in [6, 6.07) is 11.5. The van der Waals surface area contributed by atoms with Gasteiger partial charge in [-0.15, -0.1) is 24.0 Å². The standard InChI is InChI=1S/C21H29N3O3.HI/c1-6-15(3)27-20-11-14(2)7-8-16(20)13-23-21(22)24-18-12-17(25-4)9-10-19(18)26-5;/h7-12,15H,6,13H2,1-5H3,(H3,22,23,24);1H. The molecule has 2 aromatic carbocycles. The number of aryl methyl sites for hydroxylation is 1. The largest absolute Gasteiger partial charge is 0.497 e. The maximum Gasteiger partial charge on any atom is 0.193 e. The normalized spacial score (nSPS) is 12.0. The van der Waals surface area contributed by atoms with Crippen LogP contribution in [0.5, 0.6) is 17.2 Å². The topological polar surface area (TPSA) is 78.1 Å². The lowest BCUT2D eigenvalue weighted by molar-refractivity contribution is 0.215. The number of halogens is 1. The minimum atomic E-state index is 0. The third-order valence-corrected chi connectivity index (χ3v) is 4.21. The van der Waals surface area contributed by atoms with Crippen LogP contribution in [0.15, 0.2) is 41.4 Å². The lowest BCUT2D eigenvalue weighted by atomic mass is 10.1. The summed E-state index contributed by atoms with van der Waals surface area (Å²) < 4.78 is 16.6. The van der Waals surface area contributed by atoms with Crippen molar-refractivity contribution in [3.63, 3.8) is 0 Å². The highest BCUT2D eigenvalue weighted by Crippen LogP contribution is 2.29. The quantitative estimate of drug-likeness (QED) is 0.312. The number of rotatable bonds is 8. The van der Waals surface area contributed by atoms with Crippen LogP contribution < -0.4 is 25.3 Å². The number of aliphatic imine (C=N–C) groups is 1. The van der Waals surface area contributed by atoms with Gasteiger partial charge in [0, 0.05) is 11.6 Å². The molecule has 0 heterocycles. The number of methoxy groups -OCH3 is 2. The van der Waals surface area contributed by atoms with Crippen LogP contribution >= 0.6 is 24.0 Å². The molecular formula is C21H30IN3O3. The highest BCUT2D eigenvalue weighted by atomic mass is 127. The van der Waals surface area contributed by atoms with Gasteiger partial charge in [-0.3, -0.25) is 0 Å². The van der Waals surface area contributed by atoms with Crippen molar-refractivity contribution in [1.29, 1.82) is 0 Å². The molecule has 3 N–H and O–H groups in total. The highest BCUT2D eigenvalue weighted by molar-refractivity contribution is 14.0. The van der Waals surface area contributed by atoms with Gasteiger partial charge in [0.2, 0.25) is 0 Å². The number of anilines is 1. The molecule has 28 heavy (non-hydrogen) atoms. The number of nitrogens with one attached hydrogen (secondary N) is 1. The first-order chi connectivity index (χ1) is 13.0. The van der Waals surface area contributed by atoms with E-state index in [2.05, 4.69) is 24.2 Å². The van der Waals surface area contributed by atoms with Crippen molar-refractivity contribution in [3.8, 4) is 17.2 Å². The molecule has 0 aromatic heterocycles. The Morgan fingerprint density at radius 3 is 2.50 bits per heavy atom. The summed E-state index contributed by atoms with van der Waals surface area (Å²) in [4.78, 5) is 4.45. The fourth-order valence-corrected chi connectivity index (χ4v) is 2.46. The van der Waals surface area contributed by atoms with E-state index in [1.165, 1.54) is 0 Å². The van der Waals surface area contributed by atoms with Gasteiger partial charge in [-0.05, 0) is 44.0 Å². The number of nitrogens with two attached hydrogens (primary N) is 1. The lowest BCUT2D eigenvalue weighted by Gasteiger charge is -2.16. The van der Waals surface area contributed by atoms with Crippen LogP contribution in [0, 0.1) is 6.92 Å². The summed E-state index contributed by atoms with van der Waals surface area (Å²) >= 11 is 0. The SMILES string of the molecule is CCC(C)Oc1cc(C)ccc1CN=C(N)Nc1cc(OC)ccc1OC.I. The predicted molar refractivity (Wildman–Crippen MR) is 125 cm³/mol. The molecule has 0 aliphatic rings. The number of guanidine groups is 1. The second kappa shape index (κ2) is 11.6. The van der Waals surface area contributed by atoms with E-state index in [0.29, 0.717) is 23.7 Å². The molecule has 1 atom stereocenters. The van der Waals surface area contributed by atoms with Gasteiger partial charge >= 0.3 is 0 Å². The van der Waals surface area contributed by atoms with Crippen molar-refractivity contribution in [2.45, 2.75) is 39.8 Å². The molecule has 0 bridgehead atoms. The van der Waals surface area contributed by atoms with Gasteiger partial charge in [-0.25, -0.2) is 4.99 Å². The zero-order valence-corrected chi connectivity index (χ0v) is 19.4. The van der Waals surface area contributed by atoms with E-state index >= 15 is 0 Å². The van der Waals surface area contributed by atoms with Crippen LogP contribution in [0.1, 0.15) is 31.4 Å². The average molecular weight is 499 g/mol. The average Bonchev–Trinajstić information content (AvgIpc) is 2.67. The van der Waals surface area contributed by atoms with E-state index in [1.54, 1.807) is 14.2 Å². The smallest absolute Gasteiger partial charge is 0.193 e. The fraction of sp³-hybridized carbons (Fsp3) is 0.381. The van der Waals surface area contributed by atoms with E-state index in [1.807, 2.05) is 43.3 Å². The Labute approximate surface area is 184 Å². The summed E-state index contributed by atoms with van der Waals surface area (Å²) in [6.45, 7) is 6.61. The van der Waals surface area contributed by atoms with E-state index in [4.69, 9.17) is 19.9 Å².